The van der Waals surface area contributed by atoms with Crippen LogP contribution in [-0.4, -0.2) is 38.4 Å². The van der Waals surface area contributed by atoms with Crippen LogP contribution in [0.4, 0.5) is 0 Å². The quantitative estimate of drug-likeness (QED) is 0.517. The Hall–Kier alpha value is -0.610. The van der Waals surface area contributed by atoms with Crippen molar-refractivity contribution < 1.29 is 14.3 Å². The van der Waals surface area contributed by atoms with Crippen molar-refractivity contribution >= 4 is 5.97 Å². The number of carbonyl (C=O) groups excluding carboxylic acids is 1. The number of hydrogen-bond donors (Lipinski definition) is 1. The van der Waals surface area contributed by atoms with E-state index in [1.807, 2.05) is 6.92 Å². The molecule has 0 aromatic carbocycles. The largest absolute Gasteiger partial charge is 0.466 e. The molecule has 1 aliphatic carbocycles. The lowest BCUT2D eigenvalue weighted by Gasteiger charge is -2.28. The van der Waals surface area contributed by atoms with E-state index in [0.29, 0.717) is 12.6 Å². The van der Waals surface area contributed by atoms with Gasteiger partial charge in [-0.25, -0.2) is 0 Å². The molecule has 1 saturated carbocycles. The molecular weight excluding hydrogens is 242 g/mol. The van der Waals surface area contributed by atoms with Gasteiger partial charge in [0.25, 0.3) is 0 Å². The molecule has 0 amide bonds. The molecule has 1 rings (SSSR count). The summed E-state index contributed by atoms with van der Waals surface area (Å²) in [5.74, 6) is 0.0859. The summed E-state index contributed by atoms with van der Waals surface area (Å²) in [6.45, 7) is 7.14. The van der Waals surface area contributed by atoms with E-state index in [2.05, 4.69) is 12.2 Å². The van der Waals surface area contributed by atoms with Crippen LogP contribution in [0.3, 0.4) is 0 Å². The Kier molecular flexibility index (Phi) is 8.84. The number of nitrogens with one attached hydrogen (secondary N) is 1. The van der Waals surface area contributed by atoms with Gasteiger partial charge in [-0.1, -0.05) is 13.3 Å². The van der Waals surface area contributed by atoms with Crippen LogP contribution in [0.5, 0.6) is 0 Å². The lowest BCUT2D eigenvalue weighted by atomic mass is 9.85. The molecule has 0 saturated heterocycles. The first kappa shape index (κ1) is 16.4. The zero-order valence-electron chi connectivity index (χ0n) is 12.5. The van der Waals surface area contributed by atoms with E-state index >= 15 is 0 Å². The lowest BCUT2D eigenvalue weighted by molar-refractivity contribution is -0.149. The topological polar surface area (TPSA) is 47.6 Å². The molecule has 0 aliphatic heterocycles. The number of carbonyl (C=O) groups is 1. The monoisotopic (exact) mass is 271 g/mol. The van der Waals surface area contributed by atoms with Crippen LogP contribution in [0, 0.1) is 5.92 Å². The average Bonchev–Trinajstić information content (AvgIpc) is 2.43. The highest BCUT2D eigenvalue weighted by Crippen LogP contribution is 2.25. The van der Waals surface area contributed by atoms with Crippen molar-refractivity contribution in [3.8, 4) is 0 Å². The Morgan fingerprint density at radius 1 is 1.26 bits per heavy atom. The fourth-order valence-electron chi connectivity index (χ4n) is 2.58. The second kappa shape index (κ2) is 10.2. The predicted octanol–water partition coefficient (Wildman–Crippen LogP) is 2.51. The van der Waals surface area contributed by atoms with Gasteiger partial charge in [-0.15, -0.1) is 0 Å². The van der Waals surface area contributed by atoms with Crippen LogP contribution in [0.2, 0.25) is 0 Å². The van der Waals surface area contributed by atoms with Gasteiger partial charge in [0.15, 0.2) is 0 Å². The SMILES string of the molecule is CCCOCCCNC1CCCC(C(=O)OCC)C1. The second-order valence-electron chi connectivity index (χ2n) is 5.23. The van der Waals surface area contributed by atoms with Crippen molar-refractivity contribution in [2.75, 3.05) is 26.4 Å². The first-order chi connectivity index (χ1) is 9.27. The van der Waals surface area contributed by atoms with E-state index in [9.17, 15) is 4.79 Å². The molecule has 1 aliphatic rings. The van der Waals surface area contributed by atoms with Gasteiger partial charge < -0.3 is 14.8 Å². The highest BCUT2D eigenvalue weighted by atomic mass is 16.5. The van der Waals surface area contributed by atoms with E-state index in [1.54, 1.807) is 0 Å². The first-order valence-corrected chi connectivity index (χ1v) is 7.75. The van der Waals surface area contributed by atoms with Crippen molar-refractivity contribution in [3.05, 3.63) is 0 Å². The predicted molar refractivity (Wildman–Crippen MR) is 76.1 cm³/mol. The molecule has 19 heavy (non-hydrogen) atoms. The molecule has 2 atom stereocenters. The zero-order valence-corrected chi connectivity index (χ0v) is 12.5. The Morgan fingerprint density at radius 2 is 2.11 bits per heavy atom. The molecule has 4 heteroatoms. The molecule has 0 aromatic rings. The highest BCUT2D eigenvalue weighted by Gasteiger charge is 2.27. The number of hydrogen-bond acceptors (Lipinski definition) is 4. The Labute approximate surface area is 117 Å². The van der Waals surface area contributed by atoms with E-state index in [4.69, 9.17) is 9.47 Å². The van der Waals surface area contributed by atoms with E-state index < -0.39 is 0 Å². The standard InChI is InChI=1S/C15H29NO3/c1-3-10-18-11-6-9-16-14-8-5-7-13(12-14)15(17)19-4-2/h13-14,16H,3-12H2,1-2H3. The molecule has 0 aromatic heterocycles. The van der Waals surface area contributed by atoms with Crippen LogP contribution in [-0.2, 0) is 14.3 Å². The van der Waals surface area contributed by atoms with E-state index in [-0.39, 0.29) is 11.9 Å². The minimum absolute atomic E-state index is 0.0136. The molecule has 0 radical (unpaired) electrons. The third-order valence-electron chi connectivity index (χ3n) is 3.54. The summed E-state index contributed by atoms with van der Waals surface area (Å²) in [4.78, 5) is 11.7. The normalized spacial score (nSPS) is 23.3. The Bertz CT molecular complexity index is 246. The lowest BCUT2D eigenvalue weighted by Crippen LogP contribution is -2.37. The Morgan fingerprint density at radius 3 is 2.84 bits per heavy atom. The molecule has 1 fully saturated rings. The van der Waals surface area contributed by atoms with Gasteiger partial charge >= 0.3 is 5.97 Å². The molecule has 1 N–H and O–H groups in total. The summed E-state index contributed by atoms with van der Waals surface area (Å²) in [6, 6.07) is 0.467. The number of ether oxygens (including phenoxy) is 2. The van der Waals surface area contributed by atoms with Gasteiger partial charge in [-0.05, 0) is 45.6 Å². The number of esters is 1. The molecular formula is C15H29NO3. The van der Waals surface area contributed by atoms with Crippen LogP contribution in [0.25, 0.3) is 0 Å². The fourth-order valence-corrected chi connectivity index (χ4v) is 2.58. The maximum atomic E-state index is 11.7. The van der Waals surface area contributed by atoms with Gasteiger partial charge in [-0.3, -0.25) is 4.79 Å². The van der Waals surface area contributed by atoms with E-state index in [0.717, 1.165) is 51.9 Å². The van der Waals surface area contributed by atoms with Crippen molar-refractivity contribution in [1.82, 2.24) is 5.32 Å². The van der Waals surface area contributed by atoms with Crippen LogP contribution in [0.15, 0.2) is 0 Å². The van der Waals surface area contributed by atoms with Crippen LogP contribution < -0.4 is 5.32 Å². The zero-order chi connectivity index (χ0) is 13.9. The molecule has 112 valence electrons. The average molecular weight is 271 g/mol. The van der Waals surface area contributed by atoms with Crippen LogP contribution >= 0.6 is 0 Å². The van der Waals surface area contributed by atoms with Crippen LogP contribution in [0.1, 0.15) is 52.4 Å². The molecule has 2 unspecified atom stereocenters. The highest BCUT2D eigenvalue weighted by molar-refractivity contribution is 5.72. The van der Waals surface area contributed by atoms with Gasteiger partial charge in [0.05, 0.1) is 12.5 Å². The summed E-state index contributed by atoms with van der Waals surface area (Å²) in [6.07, 6.45) is 6.32. The summed E-state index contributed by atoms with van der Waals surface area (Å²) < 4.78 is 10.6. The van der Waals surface area contributed by atoms with Gasteiger partial charge in [0, 0.05) is 19.3 Å². The Balaban J connectivity index is 2.11. The third-order valence-corrected chi connectivity index (χ3v) is 3.54. The van der Waals surface area contributed by atoms with Gasteiger partial charge in [-0.2, -0.15) is 0 Å². The summed E-state index contributed by atoms with van der Waals surface area (Å²) in [5, 5.41) is 3.54. The fraction of sp³-hybridized carbons (Fsp3) is 0.933. The molecule has 0 spiro atoms. The maximum Gasteiger partial charge on any atom is 0.308 e. The smallest absolute Gasteiger partial charge is 0.308 e. The number of rotatable bonds is 9. The summed E-state index contributed by atoms with van der Waals surface area (Å²) in [5.41, 5.74) is 0. The summed E-state index contributed by atoms with van der Waals surface area (Å²) >= 11 is 0. The van der Waals surface area contributed by atoms with Crippen molar-refractivity contribution in [2.24, 2.45) is 5.92 Å². The minimum atomic E-state index is -0.0136. The van der Waals surface area contributed by atoms with Gasteiger partial charge in [0.1, 0.15) is 0 Å². The maximum absolute atomic E-state index is 11.7. The second-order valence-corrected chi connectivity index (χ2v) is 5.23. The van der Waals surface area contributed by atoms with Crippen molar-refractivity contribution in [2.45, 2.75) is 58.4 Å². The molecule has 0 heterocycles. The third kappa shape index (κ3) is 6.92. The molecule has 0 bridgehead atoms. The van der Waals surface area contributed by atoms with Gasteiger partial charge in [0.2, 0.25) is 0 Å². The first-order valence-electron chi connectivity index (χ1n) is 7.75. The minimum Gasteiger partial charge on any atom is -0.466 e. The van der Waals surface area contributed by atoms with E-state index in [1.165, 1.54) is 6.42 Å². The van der Waals surface area contributed by atoms with Crippen molar-refractivity contribution in [1.29, 1.82) is 0 Å². The summed E-state index contributed by atoms with van der Waals surface area (Å²) in [7, 11) is 0. The van der Waals surface area contributed by atoms with Crippen molar-refractivity contribution in [3.63, 3.8) is 0 Å². The molecule has 4 nitrogen and oxygen atoms in total.